The molecule has 0 bridgehead atoms. The molecule has 1 fully saturated rings. The van der Waals surface area contributed by atoms with E-state index < -0.39 is 35.3 Å². The number of fused-ring (bicyclic) bond motifs is 1. The molecule has 0 spiro atoms. The van der Waals surface area contributed by atoms with Crippen LogP contribution in [0.3, 0.4) is 0 Å². The van der Waals surface area contributed by atoms with Crippen molar-refractivity contribution in [1.82, 2.24) is 20.5 Å². The van der Waals surface area contributed by atoms with Crippen molar-refractivity contribution < 1.29 is 23.9 Å². The minimum Gasteiger partial charge on any atom is -0.444 e. The van der Waals surface area contributed by atoms with Crippen molar-refractivity contribution in [3.8, 4) is 0 Å². The lowest BCUT2D eigenvalue weighted by atomic mass is 9.90. The summed E-state index contributed by atoms with van der Waals surface area (Å²) in [5.41, 5.74) is 1.71. The van der Waals surface area contributed by atoms with Crippen LogP contribution >= 0.6 is 0 Å². The number of rotatable bonds is 10. The highest BCUT2D eigenvalue weighted by Crippen LogP contribution is 2.33. The largest absolute Gasteiger partial charge is 0.444 e. The van der Waals surface area contributed by atoms with Crippen LogP contribution in [-0.4, -0.2) is 58.8 Å². The molecule has 4 rings (SSSR count). The molecule has 1 aliphatic rings. The van der Waals surface area contributed by atoms with Gasteiger partial charge in [-0.3, -0.25) is 14.4 Å². The van der Waals surface area contributed by atoms with Crippen molar-refractivity contribution in [2.75, 3.05) is 13.1 Å². The van der Waals surface area contributed by atoms with E-state index in [2.05, 4.69) is 15.6 Å². The number of alkyl carbamates (subject to hydrolysis) is 1. The summed E-state index contributed by atoms with van der Waals surface area (Å²) in [7, 11) is 0. The lowest BCUT2D eigenvalue weighted by molar-refractivity contribution is -0.139. The van der Waals surface area contributed by atoms with Gasteiger partial charge in [0.15, 0.2) is 0 Å². The molecular formula is C31H38N4O5. The average molecular weight is 547 g/mol. The predicted octanol–water partition coefficient (Wildman–Crippen LogP) is 4.75. The number of Topliss-reactive ketones (excluding diaryl/α,β-unsaturated/α-hetero) is 1. The molecular weight excluding hydrogens is 508 g/mol. The SMILES string of the molecule is CCCC[C@H](NC(=O)O[C@@H]1CN(C(=O)c2cc3ccccc3[nH]2)CC1(C)C)C(=O)C(=O)N[C@H](C)c1ccccc1. The normalized spacial score (nSPS) is 17.7. The van der Waals surface area contributed by atoms with Crippen LogP contribution in [0.2, 0.25) is 0 Å². The number of amides is 3. The zero-order valence-corrected chi connectivity index (χ0v) is 23.5. The number of carbonyl (C=O) groups excluding carboxylic acids is 4. The first kappa shape index (κ1) is 28.9. The third-order valence-corrected chi connectivity index (χ3v) is 7.48. The summed E-state index contributed by atoms with van der Waals surface area (Å²) in [4.78, 5) is 56.9. The molecule has 1 saturated heterocycles. The van der Waals surface area contributed by atoms with E-state index in [9.17, 15) is 19.2 Å². The number of carbonyl (C=O) groups is 4. The zero-order valence-electron chi connectivity index (χ0n) is 23.5. The molecule has 2 heterocycles. The maximum absolute atomic E-state index is 13.2. The number of H-pyrrole nitrogens is 1. The van der Waals surface area contributed by atoms with Crippen LogP contribution < -0.4 is 10.6 Å². The van der Waals surface area contributed by atoms with Gasteiger partial charge in [-0.05, 0) is 31.0 Å². The number of ether oxygens (including phenoxy) is 1. The zero-order chi connectivity index (χ0) is 28.9. The van der Waals surface area contributed by atoms with Crippen LogP contribution in [0, 0.1) is 5.41 Å². The number of nitrogens with one attached hydrogen (secondary N) is 3. The summed E-state index contributed by atoms with van der Waals surface area (Å²) in [5, 5.41) is 6.30. The van der Waals surface area contributed by atoms with Gasteiger partial charge >= 0.3 is 6.09 Å². The van der Waals surface area contributed by atoms with E-state index in [0.29, 0.717) is 25.1 Å². The van der Waals surface area contributed by atoms with Crippen LogP contribution in [0.5, 0.6) is 0 Å². The monoisotopic (exact) mass is 546 g/mol. The quantitative estimate of drug-likeness (QED) is 0.317. The molecule has 0 radical (unpaired) electrons. The van der Waals surface area contributed by atoms with Crippen LogP contribution in [0.1, 0.15) is 69.1 Å². The second-order valence-corrected chi connectivity index (χ2v) is 11.1. The fourth-order valence-corrected chi connectivity index (χ4v) is 5.05. The minimum atomic E-state index is -1.01. The van der Waals surface area contributed by atoms with Gasteiger partial charge in [-0.15, -0.1) is 0 Å². The highest BCUT2D eigenvalue weighted by atomic mass is 16.6. The summed E-state index contributed by atoms with van der Waals surface area (Å²) in [5.74, 6) is -1.64. The summed E-state index contributed by atoms with van der Waals surface area (Å²) >= 11 is 0. The van der Waals surface area contributed by atoms with E-state index in [4.69, 9.17) is 4.74 Å². The molecule has 0 saturated carbocycles. The van der Waals surface area contributed by atoms with Crippen molar-refractivity contribution in [3.63, 3.8) is 0 Å². The van der Waals surface area contributed by atoms with Crippen molar-refractivity contribution in [2.24, 2.45) is 5.41 Å². The number of para-hydroxylation sites is 1. The smallest absolute Gasteiger partial charge is 0.408 e. The second-order valence-electron chi connectivity index (χ2n) is 11.1. The maximum atomic E-state index is 13.2. The van der Waals surface area contributed by atoms with E-state index in [-0.39, 0.29) is 18.5 Å². The second kappa shape index (κ2) is 12.4. The third kappa shape index (κ3) is 6.70. The Morgan fingerprint density at radius 1 is 1.05 bits per heavy atom. The molecule has 0 unspecified atom stereocenters. The number of hydrogen-bond acceptors (Lipinski definition) is 5. The van der Waals surface area contributed by atoms with Gasteiger partial charge in [0.05, 0.1) is 12.6 Å². The first-order valence-electron chi connectivity index (χ1n) is 13.8. The van der Waals surface area contributed by atoms with Crippen LogP contribution in [0.25, 0.3) is 10.9 Å². The summed E-state index contributed by atoms with van der Waals surface area (Å²) in [6.07, 6.45) is 0.394. The number of unbranched alkanes of at least 4 members (excludes halogenated alkanes) is 1. The lowest BCUT2D eigenvalue weighted by Gasteiger charge is -2.26. The average Bonchev–Trinajstić information content (AvgIpc) is 3.50. The van der Waals surface area contributed by atoms with E-state index in [1.165, 1.54) is 0 Å². The van der Waals surface area contributed by atoms with Gasteiger partial charge < -0.3 is 25.3 Å². The van der Waals surface area contributed by atoms with Gasteiger partial charge in [0, 0.05) is 22.9 Å². The standard InChI is InChI=1S/C31H38N4O5/c1-5-6-15-24(27(36)28(37)32-20(2)21-12-8-7-9-13-21)34-30(39)40-26-18-35(19-31(26,3)4)29(38)25-17-22-14-10-11-16-23(22)33-25/h7-14,16-17,20,24,26,33H,5-6,15,18-19H2,1-4H3,(H,32,37)(H,34,39)/t20-,24+,26-/m1/s1. The Kier molecular flexibility index (Phi) is 8.92. The first-order chi connectivity index (χ1) is 19.1. The Morgan fingerprint density at radius 2 is 1.75 bits per heavy atom. The van der Waals surface area contributed by atoms with Crippen molar-refractivity contribution in [1.29, 1.82) is 0 Å². The molecule has 40 heavy (non-hydrogen) atoms. The Balaban J connectivity index is 1.38. The summed E-state index contributed by atoms with van der Waals surface area (Å²) in [6.45, 7) is 8.25. The Hall–Kier alpha value is -4.14. The number of hydrogen-bond donors (Lipinski definition) is 3. The number of benzene rings is 2. The predicted molar refractivity (Wildman–Crippen MR) is 153 cm³/mol. The maximum Gasteiger partial charge on any atom is 0.408 e. The van der Waals surface area contributed by atoms with Gasteiger partial charge in [-0.1, -0.05) is 82.1 Å². The molecule has 9 heteroatoms. The van der Waals surface area contributed by atoms with Crippen LogP contribution in [0.4, 0.5) is 4.79 Å². The molecule has 1 aromatic heterocycles. The first-order valence-corrected chi connectivity index (χ1v) is 13.8. The number of likely N-dealkylation sites (tertiary alicyclic amines) is 1. The van der Waals surface area contributed by atoms with Crippen molar-refractivity contribution in [3.05, 3.63) is 71.9 Å². The topological polar surface area (TPSA) is 121 Å². The fourth-order valence-electron chi connectivity index (χ4n) is 5.05. The molecule has 3 aromatic rings. The third-order valence-electron chi connectivity index (χ3n) is 7.48. The number of aromatic amines is 1. The minimum absolute atomic E-state index is 0.170. The Labute approximate surface area is 234 Å². The van der Waals surface area contributed by atoms with E-state index in [0.717, 1.165) is 22.9 Å². The highest BCUT2D eigenvalue weighted by Gasteiger charge is 2.44. The Morgan fingerprint density at radius 3 is 2.45 bits per heavy atom. The van der Waals surface area contributed by atoms with E-state index in [1.807, 2.05) is 81.4 Å². The highest BCUT2D eigenvalue weighted by molar-refractivity contribution is 6.38. The van der Waals surface area contributed by atoms with E-state index in [1.54, 1.807) is 11.8 Å². The number of nitrogens with zero attached hydrogens (tertiary/aromatic N) is 1. The van der Waals surface area contributed by atoms with Crippen molar-refractivity contribution in [2.45, 2.75) is 65.1 Å². The molecule has 3 N–H and O–H groups in total. The molecule has 2 aromatic carbocycles. The Bertz CT molecular complexity index is 1330. The molecule has 9 nitrogen and oxygen atoms in total. The molecule has 212 valence electrons. The van der Waals surface area contributed by atoms with Gasteiger partial charge in [-0.25, -0.2) is 4.79 Å². The fraction of sp³-hybridized carbons (Fsp3) is 0.419. The van der Waals surface area contributed by atoms with E-state index >= 15 is 0 Å². The number of ketones is 1. The summed E-state index contributed by atoms with van der Waals surface area (Å²) < 4.78 is 5.75. The molecule has 3 amide bonds. The molecule has 0 aliphatic carbocycles. The van der Waals surface area contributed by atoms with Gasteiger partial charge in [0.25, 0.3) is 11.8 Å². The van der Waals surface area contributed by atoms with Gasteiger partial charge in [-0.2, -0.15) is 0 Å². The van der Waals surface area contributed by atoms with Crippen LogP contribution in [0.15, 0.2) is 60.7 Å². The van der Waals surface area contributed by atoms with Gasteiger partial charge in [0.1, 0.15) is 17.8 Å². The number of aromatic nitrogens is 1. The summed E-state index contributed by atoms with van der Waals surface area (Å²) in [6, 6.07) is 17.5. The van der Waals surface area contributed by atoms with Gasteiger partial charge in [0.2, 0.25) is 5.78 Å². The van der Waals surface area contributed by atoms with Crippen molar-refractivity contribution >= 4 is 34.6 Å². The molecule has 1 aliphatic heterocycles. The van der Waals surface area contributed by atoms with Crippen LogP contribution in [-0.2, 0) is 14.3 Å². The lowest BCUT2D eigenvalue weighted by Crippen LogP contribution is -2.49. The molecule has 3 atom stereocenters.